The lowest BCUT2D eigenvalue weighted by atomic mass is 9.94. The molecular formula is C36H33ClN8O6S2. The standard InChI is InChI=1S/C36H33ClN8O6S2/c37-30-12-5-4-11-29(30)34(35(46)42-26-7-2-1-3-8-26)44(36(47)31-15-18-52(48,49)45(31)33-20-25(23-39)14-17-41-33)27-9-6-10-28(21-27)53(50,51)43-32-19-24(22-38)13-16-40-32/h4-6,9-14,16-17,19-21,26,31,34H,1-3,7-8,15,18H2,(H,40,43)(H,42,46). The van der Waals surface area contributed by atoms with E-state index in [0.717, 1.165) is 28.5 Å². The second-order valence-corrected chi connectivity index (χ2v) is 16.6. The Kier molecular flexibility index (Phi) is 10.9. The first-order chi connectivity index (χ1) is 25.4. The van der Waals surface area contributed by atoms with Crippen LogP contribution < -0.4 is 19.2 Å². The fourth-order valence-corrected chi connectivity index (χ4v) is 9.51. The first-order valence-corrected chi connectivity index (χ1v) is 20.1. The number of halogens is 1. The minimum absolute atomic E-state index is 0.0525. The molecule has 53 heavy (non-hydrogen) atoms. The topological polar surface area (TPSA) is 206 Å². The molecule has 0 bridgehead atoms. The molecule has 2 amide bonds. The molecule has 2 aliphatic rings. The van der Waals surface area contributed by atoms with Crippen molar-refractivity contribution in [2.24, 2.45) is 0 Å². The number of nitriles is 2. The Bertz CT molecular complexity index is 2360. The molecule has 0 spiro atoms. The summed E-state index contributed by atoms with van der Waals surface area (Å²) >= 11 is 6.72. The quantitative estimate of drug-likeness (QED) is 0.225. The van der Waals surface area contributed by atoms with Gasteiger partial charge in [0.2, 0.25) is 15.9 Å². The first kappa shape index (κ1) is 37.2. The number of carbonyl (C=O) groups excluding carboxylic acids is 2. The number of hydrogen-bond acceptors (Lipinski definition) is 10. The van der Waals surface area contributed by atoms with E-state index in [9.17, 15) is 32.2 Å². The number of hydrogen-bond donors (Lipinski definition) is 2. The van der Waals surface area contributed by atoms with Gasteiger partial charge in [-0.15, -0.1) is 0 Å². The van der Waals surface area contributed by atoms with Crippen LogP contribution in [-0.2, 0) is 29.6 Å². The van der Waals surface area contributed by atoms with Gasteiger partial charge < -0.3 is 5.32 Å². The van der Waals surface area contributed by atoms with Crippen molar-refractivity contribution in [1.82, 2.24) is 15.3 Å². The fourth-order valence-electron chi connectivity index (χ4n) is 6.54. The van der Waals surface area contributed by atoms with Crippen LogP contribution in [0.1, 0.15) is 61.3 Å². The molecule has 2 atom stereocenters. The zero-order valence-corrected chi connectivity index (χ0v) is 30.5. The third-order valence-corrected chi connectivity index (χ3v) is 12.5. The van der Waals surface area contributed by atoms with E-state index in [4.69, 9.17) is 11.6 Å². The van der Waals surface area contributed by atoms with E-state index in [-0.39, 0.29) is 56.4 Å². The average Bonchev–Trinajstić information content (AvgIpc) is 3.48. The number of pyridine rings is 2. The van der Waals surface area contributed by atoms with Crippen molar-refractivity contribution >= 4 is 60.8 Å². The Morgan fingerprint density at radius 3 is 2.32 bits per heavy atom. The highest BCUT2D eigenvalue weighted by molar-refractivity contribution is 7.93. The summed E-state index contributed by atoms with van der Waals surface area (Å²) in [5.41, 5.74) is 0.446. The fraction of sp³-hybridized carbons (Fsp3) is 0.278. The smallest absolute Gasteiger partial charge is 0.263 e. The Balaban J connectivity index is 1.50. The number of anilines is 3. The highest BCUT2D eigenvalue weighted by atomic mass is 35.5. The molecule has 2 aromatic carbocycles. The van der Waals surface area contributed by atoms with Gasteiger partial charge in [-0.1, -0.05) is 55.1 Å². The summed E-state index contributed by atoms with van der Waals surface area (Å²) in [6.45, 7) is 0. The number of aromatic nitrogens is 2. The predicted molar refractivity (Wildman–Crippen MR) is 197 cm³/mol. The minimum Gasteiger partial charge on any atom is -0.351 e. The average molecular weight is 773 g/mol. The predicted octanol–water partition coefficient (Wildman–Crippen LogP) is 4.81. The molecule has 2 N–H and O–H groups in total. The lowest BCUT2D eigenvalue weighted by molar-refractivity contribution is -0.127. The first-order valence-electron chi connectivity index (χ1n) is 16.7. The highest BCUT2D eigenvalue weighted by Gasteiger charge is 2.47. The van der Waals surface area contributed by atoms with Crippen LogP contribution in [0.4, 0.5) is 17.3 Å². The van der Waals surface area contributed by atoms with Crippen molar-refractivity contribution < 1.29 is 26.4 Å². The molecule has 1 saturated carbocycles. The molecule has 2 aromatic heterocycles. The second kappa shape index (κ2) is 15.6. The zero-order chi connectivity index (χ0) is 37.8. The van der Waals surface area contributed by atoms with Crippen LogP contribution in [0.25, 0.3) is 0 Å². The maximum atomic E-state index is 15.1. The van der Waals surface area contributed by atoms with Crippen LogP contribution >= 0.6 is 11.6 Å². The van der Waals surface area contributed by atoms with Gasteiger partial charge in [-0.05, 0) is 67.8 Å². The number of nitrogens with one attached hydrogen (secondary N) is 2. The van der Waals surface area contributed by atoms with Crippen molar-refractivity contribution in [3.8, 4) is 12.1 Å². The van der Waals surface area contributed by atoms with E-state index in [1.807, 2.05) is 12.1 Å². The molecule has 14 nitrogen and oxygen atoms in total. The summed E-state index contributed by atoms with van der Waals surface area (Å²) < 4.78 is 57.7. The summed E-state index contributed by atoms with van der Waals surface area (Å²) in [7, 11) is -8.53. The minimum atomic E-state index is -4.39. The number of amides is 2. The molecule has 2 unspecified atom stereocenters. The molecule has 1 aliphatic heterocycles. The number of carbonyl (C=O) groups is 2. The third-order valence-electron chi connectivity index (χ3n) is 9.05. The summed E-state index contributed by atoms with van der Waals surface area (Å²) in [6.07, 6.45) is 6.57. The molecule has 1 aliphatic carbocycles. The lowest BCUT2D eigenvalue weighted by Gasteiger charge is -2.36. The maximum absolute atomic E-state index is 15.1. The normalized spacial score (nSPS) is 17.6. The van der Waals surface area contributed by atoms with Gasteiger partial charge in [0.15, 0.2) is 0 Å². The van der Waals surface area contributed by atoms with E-state index in [1.165, 1.54) is 60.9 Å². The second-order valence-electron chi connectivity index (χ2n) is 12.6. The van der Waals surface area contributed by atoms with E-state index in [0.29, 0.717) is 12.8 Å². The van der Waals surface area contributed by atoms with Crippen LogP contribution in [0.2, 0.25) is 5.02 Å². The SMILES string of the molecule is N#Cc1ccnc(NS(=O)(=O)c2cccc(N(C(=O)C3CCS(=O)(=O)N3c3cc(C#N)ccn3)C(C(=O)NC3CCCCC3)c3ccccc3Cl)c2)c1. The molecule has 1 saturated heterocycles. The molecular weight excluding hydrogens is 740 g/mol. The van der Waals surface area contributed by atoms with E-state index in [2.05, 4.69) is 20.0 Å². The third kappa shape index (κ3) is 8.10. The maximum Gasteiger partial charge on any atom is 0.263 e. The molecule has 272 valence electrons. The molecule has 6 rings (SSSR count). The van der Waals surface area contributed by atoms with Gasteiger partial charge >= 0.3 is 0 Å². The number of rotatable bonds is 10. The number of benzene rings is 2. The van der Waals surface area contributed by atoms with Crippen molar-refractivity contribution in [2.45, 2.75) is 61.5 Å². The molecule has 2 fully saturated rings. The van der Waals surface area contributed by atoms with Crippen LogP contribution in [0.15, 0.2) is 90.1 Å². The van der Waals surface area contributed by atoms with E-state index in [1.54, 1.807) is 24.3 Å². The van der Waals surface area contributed by atoms with E-state index < -0.39 is 49.7 Å². The Morgan fingerprint density at radius 2 is 1.60 bits per heavy atom. The van der Waals surface area contributed by atoms with Gasteiger partial charge in [0.1, 0.15) is 23.7 Å². The van der Waals surface area contributed by atoms with Crippen molar-refractivity contribution in [3.05, 3.63) is 107 Å². The van der Waals surface area contributed by atoms with Crippen LogP contribution in [0.3, 0.4) is 0 Å². The summed E-state index contributed by atoms with van der Waals surface area (Å²) in [4.78, 5) is 38.6. The molecule has 17 heteroatoms. The van der Waals surface area contributed by atoms with Gasteiger partial charge in [0, 0.05) is 34.7 Å². The number of nitrogens with zero attached hydrogens (tertiary/aromatic N) is 6. The van der Waals surface area contributed by atoms with Gasteiger partial charge in [0.05, 0.1) is 33.9 Å². The van der Waals surface area contributed by atoms with Crippen LogP contribution in [0.5, 0.6) is 0 Å². The molecule has 4 aromatic rings. The van der Waals surface area contributed by atoms with Crippen molar-refractivity contribution in [3.63, 3.8) is 0 Å². The van der Waals surface area contributed by atoms with Gasteiger partial charge in [0.25, 0.3) is 15.9 Å². The van der Waals surface area contributed by atoms with Crippen molar-refractivity contribution in [1.29, 1.82) is 10.5 Å². The summed E-state index contributed by atoms with van der Waals surface area (Å²) in [5.74, 6) is -2.17. The van der Waals surface area contributed by atoms with Crippen LogP contribution in [-0.4, -0.2) is 56.5 Å². The Hall–Kier alpha value is -5.55. The lowest BCUT2D eigenvalue weighted by Crippen LogP contribution is -2.53. The zero-order valence-electron chi connectivity index (χ0n) is 28.1. The Labute approximate surface area is 312 Å². The highest BCUT2D eigenvalue weighted by Crippen LogP contribution is 2.37. The Morgan fingerprint density at radius 1 is 0.906 bits per heavy atom. The van der Waals surface area contributed by atoms with E-state index >= 15 is 4.79 Å². The largest absolute Gasteiger partial charge is 0.351 e. The molecule has 3 heterocycles. The van der Waals surface area contributed by atoms with Gasteiger partial charge in [-0.3, -0.25) is 19.2 Å². The number of sulfonamides is 2. The monoisotopic (exact) mass is 772 g/mol. The summed E-state index contributed by atoms with van der Waals surface area (Å²) in [6, 6.07) is 17.8. The van der Waals surface area contributed by atoms with Gasteiger partial charge in [-0.2, -0.15) is 10.5 Å². The van der Waals surface area contributed by atoms with Crippen molar-refractivity contribution in [2.75, 3.05) is 19.7 Å². The summed E-state index contributed by atoms with van der Waals surface area (Å²) in [5, 5.41) is 22.0. The molecule has 0 radical (unpaired) electrons. The van der Waals surface area contributed by atoms with Crippen LogP contribution in [0, 0.1) is 22.7 Å². The van der Waals surface area contributed by atoms with Gasteiger partial charge in [-0.25, -0.2) is 31.1 Å².